The fourth-order valence-corrected chi connectivity index (χ4v) is 6.15. The molecular weight excluding hydrogens is 474 g/mol. The topological polar surface area (TPSA) is 89.8 Å². The highest BCUT2D eigenvalue weighted by atomic mass is 32.2. The van der Waals surface area contributed by atoms with Crippen LogP contribution >= 0.6 is 34.4 Å². The summed E-state index contributed by atoms with van der Waals surface area (Å²) in [5.74, 6) is 0.258. The summed E-state index contributed by atoms with van der Waals surface area (Å²) in [6.07, 6.45) is 1.90. The van der Waals surface area contributed by atoms with E-state index >= 15 is 0 Å². The summed E-state index contributed by atoms with van der Waals surface area (Å²) < 4.78 is 1.78. The van der Waals surface area contributed by atoms with Crippen molar-refractivity contribution in [3.63, 3.8) is 0 Å². The van der Waals surface area contributed by atoms with Crippen molar-refractivity contribution < 1.29 is 4.79 Å². The van der Waals surface area contributed by atoms with Crippen molar-refractivity contribution >= 4 is 50.6 Å². The number of carbonyl (C=O) groups is 1. The monoisotopic (exact) mass is 499 g/mol. The number of hydrogen-bond acceptors (Lipinski definition) is 8. The number of amides is 1. The van der Waals surface area contributed by atoms with Gasteiger partial charge >= 0.3 is 0 Å². The van der Waals surface area contributed by atoms with Gasteiger partial charge in [0.2, 0.25) is 5.01 Å². The van der Waals surface area contributed by atoms with Crippen LogP contribution in [0.4, 0.5) is 0 Å². The first-order valence-corrected chi connectivity index (χ1v) is 13.4. The lowest BCUT2D eigenvalue weighted by Gasteiger charge is -2.11. The number of thiophene rings is 1. The van der Waals surface area contributed by atoms with Crippen LogP contribution in [0.15, 0.2) is 40.3 Å². The Labute approximate surface area is 204 Å². The Bertz CT molecular complexity index is 1330. The molecule has 33 heavy (non-hydrogen) atoms. The van der Waals surface area contributed by atoms with E-state index in [9.17, 15) is 9.59 Å². The van der Waals surface area contributed by atoms with Gasteiger partial charge < -0.3 is 5.32 Å². The van der Waals surface area contributed by atoms with E-state index in [-0.39, 0.29) is 11.5 Å². The second-order valence-corrected chi connectivity index (χ2v) is 10.8. The molecule has 1 amide bonds. The second kappa shape index (κ2) is 10.6. The van der Waals surface area contributed by atoms with Gasteiger partial charge in [0.25, 0.3) is 11.5 Å². The van der Waals surface area contributed by atoms with E-state index in [4.69, 9.17) is 4.98 Å². The molecule has 3 heterocycles. The van der Waals surface area contributed by atoms with Gasteiger partial charge in [-0.25, -0.2) is 4.98 Å². The minimum atomic E-state index is -0.239. The molecular formula is C23H25N5O2S3. The molecule has 0 saturated heterocycles. The molecule has 0 aliphatic heterocycles. The van der Waals surface area contributed by atoms with Gasteiger partial charge in [0.05, 0.1) is 11.1 Å². The molecule has 0 saturated carbocycles. The summed E-state index contributed by atoms with van der Waals surface area (Å²) in [6.45, 7) is 7.19. The standard InChI is InChI=1S/C23H25N5O2S3/c1-4-5-11-28-22(30)18-14(2)15(3)32-20(18)25-23(28)31-13-17-26-27-21(33-17)19(29)24-12-16-9-7-6-8-10-16/h6-10H,4-5,11-13H2,1-3H3,(H,24,29). The van der Waals surface area contributed by atoms with Gasteiger partial charge in [-0.05, 0) is 31.4 Å². The van der Waals surface area contributed by atoms with Crippen molar-refractivity contribution in [2.75, 3.05) is 0 Å². The highest BCUT2D eigenvalue weighted by Crippen LogP contribution is 2.30. The molecule has 0 spiro atoms. The lowest BCUT2D eigenvalue weighted by molar-refractivity contribution is 0.0950. The van der Waals surface area contributed by atoms with Crippen molar-refractivity contribution in [2.24, 2.45) is 0 Å². The second-order valence-electron chi connectivity index (χ2n) is 7.63. The van der Waals surface area contributed by atoms with Crippen molar-refractivity contribution in [1.82, 2.24) is 25.1 Å². The summed E-state index contributed by atoms with van der Waals surface area (Å²) >= 11 is 4.29. The van der Waals surface area contributed by atoms with Crippen LogP contribution in [0.1, 0.15) is 50.6 Å². The molecule has 172 valence electrons. The molecule has 10 heteroatoms. The highest BCUT2D eigenvalue weighted by molar-refractivity contribution is 7.98. The number of aromatic nitrogens is 4. The molecule has 4 aromatic rings. The Hall–Kier alpha value is -2.56. The van der Waals surface area contributed by atoms with Crippen LogP contribution in [-0.4, -0.2) is 25.7 Å². The zero-order chi connectivity index (χ0) is 23.4. The maximum absolute atomic E-state index is 13.2. The van der Waals surface area contributed by atoms with Gasteiger partial charge in [-0.1, -0.05) is 66.8 Å². The summed E-state index contributed by atoms with van der Waals surface area (Å²) in [6, 6.07) is 9.73. The summed E-state index contributed by atoms with van der Waals surface area (Å²) in [7, 11) is 0. The lowest BCUT2D eigenvalue weighted by Crippen LogP contribution is -2.23. The smallest absolute Gasteiger partial charge is 0.282 e. The SMILES string of the molecule is CCCCn1c(SCc2nnc(C(=O)NCc3ccccc3)s2)nc2sc(C)c(C)c2c1=O. The zero-order valence-electron chi connectivity index (χ0n) is 18.8. The Kier molecular flexibility index (Phi) is 7.56. The van der Waals surface area contributed by atoms with Gasteiger partial charge in [-0.2, -0.15) is 0 Å². The Balaban J connectivity index is 1.48. The van der Waals surface area contributed by atoms with E-state index in [1.54, 1.807) is 15.9 Å². The maximum atomic E-state index is 13.2. The molecule has 0 atom stereocenters. The molecule has 0 fully saturated rings. The summed E-state index contributed by atoms with van der Waals surface area (Å²) in [5, 5.41) is 13.6. The Morgan fingerprint density at radius 3 is 2.70 bits per heavy atom. The van der Waals surface area contributed by atoms with Gasteiger partial charge in [-0.3, -0.25) is 14.2 Å². The van der Waals surface area contributed by atoms with Crippen LogP contribution in [0.25, 0.3) is 10.2 Å². The quantitative estimate of drug-likeness (QED) is 0.259. The number of carbonyl (C=O) groups excluding carboxylic acids is 1. The molecule has 7 nitrogen and oxygen atoms in total. The fraction of sp³-hybridized carbons (Fsp3) is 0.348. The van der Waals surface area contributed by atoms with Crippen molar-refractivity contribution in [1.29, 1.82) is 0 Å². The van der Waals surface area contributed by atoms with Crippen LogP contribution < -0.4 is 10.9 Å². The van der Waals surface area contributed by atoms with Crippen molar-refractivity contribution in [2.45, 2.75) is 57.6 Å². The summed E-state index contributed by atoms with van der Waals surface area (Å²) in [4.78, 5) is 32.4. The maximum Gasteiger partial charge on any atom is 0.282 e. The van der Waals surface area contributed by atoms with Gasteiger partial charge in [-0.15, -0.1) is 21.5 Å². The zero-order valence-corrected chi connectivity index (χ0v) is 21.2. The number of fused-ring (bicyclic) bond motifs is 1. The third-order valence-electron chi connectivity index (χ3n) is 5.27. The number of nitrogens with one attached hydrogen (secondary N) is 1. The third-order valence-corrected chi connectivity index (χ3v) is 8.46. The van der Waals surface area contributed by atoms with E-state index in [2.05, 4.69) is 22.4 Å². The first-order valence-electron chi connectivity index (χ1n) is 10.8. The van der Waals surface area contributed by atoms with Gasteiger partial charge in [0.15, 0.2) is 5.16 Å². The first-order chi connectivity index (χ1) is 16.0. The van der Waals surface area contributed by atoms with E-state index in [1.165, 1.54) is 23.1 Å². The first kappa shape index (κ1) is 23.6. The molecule has 1 aromatic carbocycles. The minimum absolute atomic E-state index is 0.0241. The summed E-state index contributed by atoms with van der Waals surface area (Å²) in [5.41, 5.74) is 2.07. The van der Waals surface area contributed by atoms with Gasteiger partial charge in [0.1, 0.15) is 9.84 Å². The van der Waals surface area contributed by atoms with Gasteiger partial charge in [0, 0.05) is 18.0 Å². The van der Waals surface area contributed by atoms with E-state index in [0.717, 1.165) is 44.1 Å². The number of hydrogen-bond donors (Lipinski definition) is 1. The van der Waals surface area contributed by atoms with E-state index < -0.39 is 0 Å². The predicted molar refractivity (Wildman–Crippen MR) is 135 cm³/mol. The Morgan fingerprint density at radius 2 is 1.94 bits per heavy atom. The van der Waals surface area contributed by atoms with Crippen LogP contribution in [0.5, 0.6) is 0 Å². The highest BCUT2D eigenvalue weighted by Gasteiger charge is 2.18. The normalized spacial score (nSPS) is 11.2. The average molecular weight is 500 g/mol. The number of nitrogens with zero attached hydrogens (tertiary/aromatic N) is 4. The van der Waals surface area contributed by atoms with Crippen LogP contribution in [-0.2, 0) is 18.8 Å². The number of rotatable bonds is 9. The minimum Gasteiger partial charge on any atom is -0.346 e. The van der Waals surface area contributed by atoms with Crippen LogP contribution in [0, 0.1) is 13.8 Å². The molecule has 0 aliphatic carbocycles. The molecule has 3 aromatic heterocycles. The van der Waals surface area contributed by atoms with Crippen molar-refractivity contribution in [3.05, 3.63) is 66.7 Å². The average Bonchev–Trinajstić information content (AvgIpc) is 3.41. The lowest BCUT2D eigenvalue weighted by atomic mass is 10.2. The number of aryl methyl sites for hydroxylation is 2. The predicted octanol–water partition coefficient (Wildman–Crippen LogP) is 4.95. The molecule has 0 bridgehead atoms. The number of thioether (sulfide) groups is 1. The largest absolute Gasteiger partial charge is 0.346 e. The molecule has 0 radical (unpaired) electrons. The molecule has 4 rings (SSSR count). The third kappa shape index (κ3) is 5.34. The van der Waals surface area contributed by atoms with Crippen LogP contribution in [0.2, 0.25) is 0 Å². The molecule has 0 aliphatic rings. The van der Waals surface area contributed by atoms with E-state index in [1.807, 2.05) is 44.2 Å². The van der Waals surface area contributed by atoms with E-state index in [0.29, 0.717) is 29.0 Å². The molecule has 1 N–H and O–H groups in total. The fourth-order valence-electron chi connectivity index (χ4n) is 3.32. The van der Waals surface area contributed by atoms with Crippen molar-refractivity contribution in [3.8, 4) is 0 Å². The van der Waals surface area contributed by atoms with Crippen LogP contribution in [0.3, 0.4) is 0 Å². The molecule has 0 unspecified atom stereocenters. The number of benzene rings is 1. The number of unbranched alkanes of at least 4 members (excludes halogenated alkanes) is 1. The Morgan fingerprint density at radius 1 is 1.15 bits per heavy atom.